The SMILES string of the molecule is CC(C)Oc1ccc(C(C)CC(=O)O)c(F)c1. The largest absolute Gasteiger partial charge is 0.491 e. The molecule has 94 valence electrons. The summed E-state index contributed by atoms with van der Waals surface area (Å²) in [6, 6.07) is 4.55. The number of halogens is 1. The second kappa shape index (κ2) is 5.66. The molecule has 0 aliphatic rings. The van der Waals surface area contributed by atoms with E-state index in [2.05, 4.69) is 0 Å². The molecule has 0 amide bonds. The van der Waals surface area contributed by atoms with Gasteiger partial charge in [-0.1, -0.05) is 13.0 Å². The second-order valence-corrected chi connectivity index (χ2v) is 4.35. The summed E-state index contributed by atoms with van der Waals surface area (Å²) < 4.78 is 19.1. The summed E-state index contributed by atoms with van der Waals surface area (Å²) >= 11 is 0. The van der Waals surface area contributed by atoms with Crippen LogP contribution in [0.4, 0.5) is 4.39 Å². The maximum atomic E-state index is 13.7. The normalized spacial score (nSPS) is 12.5. The number of hydrogen-bond acceptors (Lipinski definition) is 2. The predicted octanol–water partition coefficient (Wildman–Crippen LogP) is 3.19. The van der Waals surface area contributed by atoms with Crippen LogP contribution in [-0.4, -0.2) is 17.2 Å². The van der Waals surface area contributed by atoms with Gasteiger partial charge in [0.1, 0.15) is 11.6 Å². The molecule has 4 heteroatoms. The summed E-state index contributed by atoms with van der Waals surface area (Å²) in [5, 5.41) is 8.66. The van der Waals surface area contributed by atoms with Crippen molar-refractivity contribution >= 4 is 5.97 Å². The molecule has 1 atom stereocenters. The molecule has 17 heavy (non-hydrogen) atoms. The van der Waals surface area contributed by atoms with E-state index in [9.17, 15) is 9.18 Å². The molecule has 1 N–H and O–H groups in total. The van der Waals surface area contributed by atoms with E-state index in [-0.39, 0.29) is 18.4 Å². The molecule has 1 rings (SSSR count). The van der Waals surface area contributed by atoms with Crippen LogP contribution in [0.1, 0.15) is 38.7 Å². The Morgan fingerprint density at radius 3 is 2.53 bits per heavy atom. The highest BCUT2D eigenvalue weighted by atomic mass is 19.1. The van der Waals surface area contributed by atoms with Gasteiger partial charge in [-0.05, 0) is 31.4 Å². The van der Waals surface area contributed by atoms with E-state index >= 15 is 0 Å². The van der Waals surface area contributed by atoms with Crippen LogP contribution >= 0.6 is 0 Å². The monoisotopic (exact) mass is 240 g/mol. The number of benzene rings is 1. The van der Waals surface area contributed by atoms with E-state index in [4.69, 9.17) is 9.84 Å². The van der Waals surface area contributed by atoms with Gasteiger partial charge in [-0.25, -0.2) is 4.39 Å². The van der Waals surface area contributed by atoms with Gasteiger partial charge in [-0.2, -0.15) is 0 Å². The van der Waals surface area contributed by atoms with Crippen LogP contribution in [0.25, 0.3) is 0 Å². The summed E-state index contributed by atoms with van der Waals surface area (Å²) in [4.78, 5) is 10.6. The first-order valence-corrected chi connectivity index (χ1v) is 5.58. The highest BCUT2D eigenvalue weighted by Gasteiger charge is 2.15. The maximum absolute atomic E-state index is 13.7. The number of carboxylic acids is 1. The van der Waals surface area contributed by atoms with E-state index in [1.807, 2.05) is 13.8 Å². The zero-order valence-corrected chi connectivity index (χ0v) is 10.2. The van der Waals surface area contributed by atoms with Crippen LogP contribution in [0.2, 0.25) is 0 Å². The zero-order chi connectivity index (χ0) is 13.0. The molecule has 1 aromatic rings. The van der Waals surface area contributed by atoms with Gasteiger partial charge in [-0.15, -0.1) is 0 Å². The van der Waals surface area contributed by atoms with Crippen molar-refractivity contribution in [1.29, 1.82) is 0 Å². The first kappa shape index (κ1) is 13.5. The Morgan fingerprint density at radius 2 is 2.06 bits per heavy atom. The standard InChI is InChI=1S/C13H17FO3/c1-8(2)17-10-4-5-11(12(14)7-10)9(3)6-13(15)16/h4-5,7-9H,6H2,1-3H3,(H,15,16). The Kier molecular flexibility index (Phi) is 4.49. The number of rotatable bonds is 5. The topological polar surface area (TPSA) is 46.5 Å². The molecule has 1 aromatic carbocycles. The third-order valence-corrected chi connectivity index (χ3v) is 2.36. The Balaban J connectivity index is 2.85. The molecule has 0 heterocycles. The van der Waals surface area contributed by atoms with Crippen LogP contribution in [0, 0.1) is 5.82 Å². The van der Waals surface area contributed by atoms with E-state index in [0.29, 0.717) is 11.3 Å². The van der Waals surface area contributed by atoms with Crippen molar-refractivity contribution in [3.8, 4) is 5.75 Å². The van der Waals surface area contributed by atoms with Crippen LogP contribution in [-0.2, 0) is 4.79 Å². The molecule has 0 bridgehead atoms. The summed E-state index contributed by atoms with van der Waals surface area (Å²) in [6.07, 6.45) is -0.0990. The number of aliphatic carboxylic acids is 1. The Hall–Kier alpha value is -1.58. The first-order chi connectivity index (χ1) is 7.90. The van der Waals surface area contributed by atoms with Gasteiger partial charge in [0.15, 0.2) is 0 Å². The maximum Gasteiger partial charge on any atom is 0.303 e. The van der Waals surface area contributed by atoms with Crippen molar-refractivity contribution in [3.05, 3.63) is 29.6 Å². The van der Waals surface area contributed by atoms with Crippen LogP contribution in [0.5, 0.6) is 5.75 Å². The van der Waals surface area contributed by atoms with E-state index < -0.39 is 11.8 Å². The fourth-order valence-corrected chi connectivity index (χ4v) is 1.62. The third-order valence-electron chi connectivity index (χ3n) is 2.36. The van der Waals surface area contributed by atoms with E-state index in [1.54, 1.807) is 19.1 Å². The first-order valence-electron chi connectivity index (χ1n) is 5.58. The number of ether oxygens (including phenoxy) is 1. The van der Waals surface area contributed by atoms with Crippen LogP contribution in [0.15, 0.2) is 18.2 Å². The molecule has 1 unspecified atom stereocenters. The van der Waals surface area contributed by atoms with Crippen LogP contribution < -0.4 is 4.74 Å². The quantitative estimate of drug-likeness (QED) is 0.859. The minimum Gasteiger partial charge on any atom is -0.491 e. The fraction of sp³-hybridized carbons (Fsp3) is 0.462. The molecule has 0 aliphatic carbocycles. The van der Waals surface area contributed by atoms with Crippen molar-refractivity contribution < 1.29 is 19.0 Å². The van der Waals surface area contributed by atoms with Gasteiger partial charge in [0.2, 0.25) is 0 Å². The molecule has 3 nitrogen and oxygen atoms in total. The van der Waals surface area contributed by atoms with Gasteiger partial charge in [0.25, 0.3) is 0 Å². The molecule has 0 saturated heterocycles. The van der Waals surface area contributed by atoms with E-state index in [1.165, 1.54) is 6.07 Å². The number of hydrogen-bond donors (Lipinski definition) is 1. The lowest BCUT2D eigenvalue weighted by molar-refractivity contribution is -0.137. The lowest BCUT2D eigenvalue weighted by Gasteiger charge is -2.13. The fourth-order valence-electron chi connectivity index (χ4n) is 1.62. The molecule has 0 aliphatic heterocycles. The van der Waals surface area contributed by atoms with Gasteiger partial charge >= 0.3 is 5.97 Å². The van der Waals surface area contributed by atoms with Gasteiger partial charge in [0.05, 0.1) is 12.5 Å². The highest BCUT2D eigenvalue weighted by Crippen LogP contribution is 2.25. The summed E-state index contributed by atoms with van der Waals surface area (Å²) in [6.45, 7) is 5.41. The molecule has 0 aromatic heterocycles. The molecule has 0 fully saturated rings. The molecule has 0 saturated carbocycles. The predicted molar refractivity (Wildman–Crippen MR) is 62.8 cm³/mol. The number of carboxylic acid groups (broad SMARTS) is 1. The van der Waals surface area contributed by atoms with Crippen molar-refractivity contribution in [2.45, 2.75) is 39.2 Å². The molecule has 0 spiro atoms. The summed E-state index contributed by atoms with van der Waals surface area (Å²) in [5.74, 6) is -1.24. The second-order valence-electron chi connectivity index (χ2n) is 4.35. The number of carbonyl (C=O) groups is 1. The highest BCUT2D eigenvalue weighted by molar-refractivity contribution is 5.68. The van der Waals surface area contributed by atoms with Crippen molar-refractivity contribution in [1.82, 2.24) is 0 Å². The lowest BCUT2D eigenvalue weighted by Crippen LogP contribution is -2.08. The average molecular weight is 240 g/mol. The van der Waals surface area contributed by atoms with Gasteiger partial charge < -0.3 is 9.84 Å². The van der Waals surface area contributed by atoms with Crippen molar-refractivity contribution in [3.63, 3.8) is 0 Å². The summed E-state index contributed by atoms with van der Waals surface area (Å²) in [7, 11) is 0. The molecular weight excluding hydrogens is 223 g/mol. The Bertz CT molecular complexity index is 402. The average Bonchev–Trinajstić information content (AvgIpc) is 2.14. The Labute approximate surface area is 100 Å². The van der Waals surface area contributed by atoms with Gasteiger partial charge in [-0.3, -0.25) is 4.79 Å². The molecular formula is C13H17FO3. The third kappa shape index (κ3) is 4.06. The zero-order valence-electron chi connectivity index (χ0n) is 10.2. The smallest absolute Gasteiger partial charge is 0.303 e. The van der Waals surface area contributed by atoms with E-state index in [0.717, 1.165) is 0 Å². The lowest BCUT2D eigenvalue weighted by atomic mass is 9.97. The summed E-state index contributed by atoms with van der Waals surface area (Å²) in [5.41, 5.74) is 0.406. The minimum absolute atomic E-state index is 0.0170. The van der Waals surface area contributed by atoms with Crippen molar-refractivity contribution in [2.24, 2.45) is 0 Å². The van der Waals surface area contributed by atoms with Gasteiger partial charge in [0, 0.05) is 6.07 Å². The minimum atomic E-state index is -0.931. The Morgan fingerprint density at radius 1 is 1.41 bits per heavy atom. The van der Waals surface area contributed by atoms with Crippen molar-refractivity contribution in [2.75, 3.05) is 0 Å². The molecule has 0 radical (unpaired) electrons. The van der Waals surface area contributed by atoms with Crippen LogP contribution in [0.3, 0.4) is 0 Å².